The van der Waals surface area contributed by atoms with Crippen LogP contribution in [0.2, 0.25) is 0 Å². The van der Waals surface area contributed by atoms with Crippen molar-refractivity contribution in [3.63, 3.8) is 0 Å². The molecular weight excluding hydrogens is 560 g/mol. The fraction of sp³-hybridized carbons (Fsp3) is 0.242. The van der Waals surface area contributed by atoms with Crippen molar-refractivity contribution in [2.45, 2.75) is 32.0 Å². The SMILES string of the molecule is CCc1c(CN[C@H](CO)[C@@H](O)c2ccccc2)cccc1Nc1c(C(N)=O)cnc2[nH]c(-c3ccc(OCCO)cc3)nc12. The van der Waals surface area contributed by atoms with Gasteiger partial charge in [-0.2, -0.15) is 0 Å². The Labute approximate surface area is 254 Å². The predicted octanol–water partition coefficient (Wildman–Crippen LogP) is 3.59. The number of amides is 1. The molecule has 8 N–H and O–H groups in total. The Morgan fingerprint density at radius 3 is 2.50 bits per heavy atom. The summed E-state index contributed by atoms with van der Waals surface area (Å²) in [6, 6.07) is 21.7. The number of fused-ring (bicyclic) bond motifs is 1. The number of benzene rings is 3. The van der Waals surface area contributed by atoms with Crippen LogP contribution in [0.4, 0.5) is 11.4 Å². The minimum atomic E-state index is -0.881. The van der Waals surface area contributed by atoms with Crippen LogP contribution >= 0.6 is 0 Å². The fourth-order valence-corrected chi connectivity index (χ4v) is 5.14. The number of aromatic nitrogens is 3. The molecule has 0 fully saturated rings. The number of nitrogens with two attached hydrogens (primary N) is 1. The first-order chi connectivity index (χ1) is 21.4. The van der Waals surface area contributed by atoms with Gasteiger partial charge in [0.15, 0.2) is 5.65 Å². The van der Waals surface area contributed by atoms with Crippen LogP contribution in [-0.4, -0.2) is 62.0 Å². The van der Waals surface area contributed by atoms with Crippen molar-refractivity contribution in [1.82, 2.24) is 20.3 Å². The van der Waals surface area contributed by atoms with E-state index in [1.165, 1.54) is 6.20 Å². The molecule has 0 spiro atoms. The van der Waals surface area contributed by atoms with E-state index in [0.717, 1.165) is 27.9 Å². The van der Waals surface area contributed by atoms with E-state index in [4.69, 9.17) is 20.6 Å². The molecule has 0 saturated heterocycles. The third kappa shape index (κ3) is 6.71. The molecule has 1 amide bonds. The number of primary amides is 1. The number of aliphatic hydroxyl groups excluding tert-OH is 3. The van der Waals surface area contributed by atoms with Crippen LogP contribution in [-0.2, 0) is 13.0 Å². The number of pyridine rings is 1. The number of rotatable bonds is 14. The standard InChI is InChI=1S/C33H36N6O5/c1-2-24-22(17-35-27(19-41)30(42)20-7-4-3-5-8-20)9-6-10-26(24)37-28-25(31(34)43)18-36-33-29(28)38-32(39-33)21-11-13-23(14-12-21)44-16-15-40/h3-14,18,27,30,35,40-42H,2,15-17,19H2,1H3,(H2,34,43)(H2,36,37,38,39)/t27-,30+/m1/s1. The van der Waals surface area contributed by atoms with E-state index in [-0.39, 0.29) is 25.4 Å². The predicted molar refractivity (Wildman–Crippen MR) is 169 cm³/mol. The van der Waals surface area contributed by atoms with E-state index >= 15 is 0 Å². The number of imidazole rings is 1. The summed E-state index contributed by atoms with van der Waals surface area (Å²) < 4.78 is 5.45. The highest BCUT2D eigenvalue weighted by molar-refractivity contribution is 6.06. The second-order valence-corrected chi connectivity index (χ2v) is 10.2. The summed E-state index contributed by atoms with van der Waals surface area (Å²) in [6.07, 6.45) is 1.21. The molecular formula is C33H36N6O5. The van der Waals surface area contributed by atoms with Gasteiger partial charge in [0.05, 0.1) is 36.6 Å². The van der Waals surface area contributed by atoms with Crippen LogP contribution in [0.25, 0.3) is 22.6 Å². The Bertz CT molecular complexity index is 1710. The first-order valence-corrected chi connectivity index (χ1v) is 14.4. The molecule has 3 aromatic carbocycles. The summed E-state index contributed by atoms with van der Waals surface area (Å²) in [7, 11) is 0. The average molecular weight is 597 g/mol. The maximum Gasteiger partial charge on any atom is 0.252 e. The molecule has 0 radical (unpaired) electrons. The molecule has 0 aliphatic carbocycles. The Hall–Kier alpha value is -4.81. The number of hydrogen-bond donors (Lipinski definition) is 7. The third-order valence-corrected chi connectivity index (χ3v) is 7.43. The van der Waals surface area contributed by atoms with Crippen molar-refractivity contribution in [3.05, 3.63) is 101 Å². The van der Waals surface area contributed by atoms with Gasteiger partial charge in [0.25, 0.3) is 5.91 Å². The number of aromatic amines is 1. The van der Waals surface area contributed by atoms with Crippen molar-refractivity contribution < 1.29 is 24.9 Å². The van der Waals surface area contributed by atoms with E-state index in [9.17, 15) is 15.0 Å². The molecule has 2 heterocycles. The van der Waals surface area contributed by atoms with Gasteiger partial charge in [-0.15, -0.1) is 0 Å². The number of aliphatic hydroxyl groups is 3. The second kappa shape index (κ2) is 14.1. The van der Waals surface area contributed by atoms with Crippen molar-refractivity contribution in [2.75, 3.05) is 25.1 Å². The molecule has 228 valence electrons. The largest absolute Gasteiger partial charge is 0.491 e. The minimum absolute atomic E-state index is 0.0747. The Balaban J connectivity index is 1.44. The van der Waals surface area contributed by atoms with Gasteiger partial charge in [0.2, 0.25) is 0 Å². The number of hydrogen-bond acceptors (Lipinski definition) is 9. The first-order valence-electron chi connectivity index (χ1n) is 14.4. The summed E-state index contributed by atoms with van der Waals surface area (Å²) in [5.41, 5.74) is 11.5. The van der Waals surface area contributed by atoms with Crippen molar-refractivity contribution in [1.29, 1.82) is 0 Å². The molecule has 2 atom stereocenters. The van der Waals surface area contributed by atoms with Gasteiger partial charge in [-0.05, 0) is 53.4 Å². The Morgan fingerprint density at radius 1 is 1.05 bits per heavy atom. The number of nitrogens with zero attached hydrogens (tertiary/aromatic N) is 2. The zero-order chi connectivity index (χ0) is 31.1. The molecule has 0 bridgehead atoms. The first kappa shape index (κ1) is 30.6. The number of H-pyrrole nitrogens is 1. The molecule has 11 nitrogen and oxygen atoms in total. The molecule has 0 unspecified atom stereocenters. The normalized spacial score (nSPS) is 12.6. The number of carbonyl (C=O) groups is 1. The lowest BCUT2D eigenvalue weighted by Gasteiger charge is -2.24. The number of carbonyl (C=O) groups excluding carboxylic acids is 1. The number of ether oxygens (including phenoxy) is 1. The van der Waals surface area contributed by atoms with Crippen LogP contribution in [0.5, 0.6) is 5.75 Å². The fourth-order valence-electron chi connectivity index (χ4n) is 5.14. The summed E-state index contributed by atoms with van der Waals surface area (Å²) in [4.78, 5) is 24.9. The van der Waals surface area contributed by atoms with E-state index in [1.54, 1.807) is 12.1 Å². The molecule has 11 heteroatoms. The highest BCUT2D eigenvalue weighted by Gasteiger charge is 2.22. The smallest absolute Gasteiger partial charge is 0.252 e. The van der Waals surface area contributed by atoms with Crippen LogP contribution in [0.1, 0.15) is 40.1 Å². The van der Waals surface area contributed by atoms with Crippen molar-refractivity contribution in [3.8, 4) is 17.1 Å². The molecule has 5 aromatic rings. The topological polar surface area (TPSA) is 179 Å². The molecule has 5 rings (SSSR count). The highest BCUT2D eigenvalue weighted by Crippen LogP contribution is 2.33. The van der Waals surface area contributed by atoms with Gasteiger partial charge < -0.3 is 41.4 Å². The monoisotopic (exact) mass is 596 g/mol. The number of anilines is 2. The summed E-state index contributed by atoms with van der Waals surface area (Å²) in [5, 5.41) is 36.6. The quantitative estimate of drug-likeness (QED) is 0.101. The summed E-state index contributed by atoms with van der Waals surface area (Å²) >= 11 is 0. The lowest BCUT2D eigenvalue weighted by Crippen LogP contribution is -2.37. The van der Waals surface area contributed by atoms with Gasteiger partial charge >= 0.3 is 0 Å². The third-order valence-electron chi connectivity index (χ3n) is 7.43. The number of nitrogens with one attached hydrogen (secondary N) is 3. The zero-order valence-corrected chi connectivity index (χ0v) is 24.3. The molecule has 0 aliphatic rings. The van der Waals surface area contributed by atoms with E-state index < -0.39 is 18.1 Å². The van der Waals surface area contributed by atoms with E-state index in [0.29, 0.717) is 41.4 Å². The van der Waals surface area contributed by atoms with Gasteiger partial charge in [-0.3, -0.25) is 4.79 Å². The summed E-state index contributed by atoms with van der Waals surface area (Å²) in [6.45, 7) is 2.31. The Kier molecular flexibility index (Phi) is 9.82. The molecule has 0 saturated carbocycles. The van der Waals surface area contributed by atoms with E-state index in [1.807, 2.05) is 67.6 Å². The van der Waals surface area contributed by atoms with Crippen LogP contribution in [0.3, 0.4) is 0 Å². The molecule has 0 aliphatic heterocycles. The van der Waals surface area contributed by atoms with Crippen LogP contribution in [0.15, 0.2) is 79.0 Å². The Morgan fingerprint density at radius 2 is 1.82 bits per heavy atom. The zero-order valence-electron chi connectivity index (χ0n) is 24.3. The van der Waals surface area contributed by atoms with Crippen LogP contribution in [0, 0.1) is 0 Å². The van der Waals surface area contributed by atoms with Gasteiger partial charge in [0.1, 0.15) is 23.7 Å². The van der Waals surface area contributed by atoms with Crippen LogP contribution < -0.4 is 21.1 Å². The van der Waals surface area contributed by atoms with Crippen molar-refractivity contribution >= 4 is 28.4 Å². The molecule has 44 heavy (non-hydrogen) atoms. The van der Waals surface area contributed by atoms with E-state index in [2.05, 4.69) is 20.6 Å². The van der Waals surface area contributed by atoms with Gasteiger partial charge in [0, 0.05) is 24.0 Å². The van der Waals surface area contributed by atoms with Gasteiger partial charge in [-0.1, -0.05) is 49.4 Å². The average Bonchev–Trinajstić information content (AvgIpc) is 3.50. The van der Waals surface area contributed by atoms with Crippen molar-refractivity contribution in [2.24, 2.45) is 5.73 Å². The summed E-state index contributed by atoms with van der Waals surface area (Å²) in [5.74, 6) is 0.525. The lowest BCUT2D eigenvalue weighted by molar-refractivity contribution is 0.0891. The van der Waals surface area contributed by atoms with Gasteiger partial charge in [-0.25, -0.2) is 9.97 Å². The maximum absolute atomic E-state index is 12.5. The second-order valence-electron chi connectivity index (χ2n) is 10.2. The maximum atomic E-state index is 12.5. The highest BCUT2D eigenvalue weighted by atomic mass is 16.5. The minimum Gasteiger partial charge on any atom is -0.491 e. The lowest BCUT2D eigenvalue weighted by atomic mass is 10.00. The molecule has 2 aromatic heterocycles.